The van der Waals surface area contributed by atoms with E-state index in [0.29, 0.717) is 0 Å². The number of halogens is 2. The van der Waals surface area contributed by atoms with Gasteiger partial charge in [0.2, 0.25) is 5.95 Å². The standard InChI is InChI=1S/C6H5F2NO/c1-10-5-2-6(8)9-3-4(5)7/h2-3H,1H3. The summed E-state index contributed by atoms with van der Waals surface area (Å²) in [7, 11) is 1.26. The van der Waals surface area contributed by atoms with Gasteiger partial charge in [-0.05, 0) is 0 Å². The van der Waals surface area contributed by atoms with E-state index < -0.39 is 11.8 Å². The average molecular weight is 145 g/mol. The smallest absolute Gasteiger partial charge is 0.216 e. The summed E-state index contributed by atoms with van der Waals surface area (Å²) in [6.07, 6.45) is 0.772. The molecule has 0 fully saturated rings. The third-order valence-electron chi connectivity index (χ3n) is 1.01. The van der Waals surface area contributed by atoms with Crippen LogP contribution in [0.5, 0.6) is 5.75 Å². The Morgan fingerprint density at radius 2 is 2.20 bits per heavy atom. The Bertz CT molecular complexity index is 239. The molecule has 2 nitrogen and oxygen atoms in total. The van der Waals surface area contributed by atoms with Crippen molar-refractivity contribution in [1.29, 1.82) is 0 Å². The van der Waals surface area contributed by atoms with Gasteiger partial charge in [0, 0.05) is 6.07 Å². The normalized spacial score (nSPS) is 9.50. The van der Waals surface area contributed by atoms with Crippen LogP contribution in [-0.2, 0) is 0 Å². The molecule has 1 rings (SSSR count). The van der Waals surface area contributed by atoms with Crippen molar-refractivity contribution in [3.05, 3.63) is 24.0 Å². The summed E-state index contributed by atoms with van der Waals surface area (Å²) in [5, 5.41) is 0. The van der Waals surface area contributed by atoms with Gasteiger partial charge in [0.25, 0.3) is 0 Å². The lowest BCUT2D eigenvalue weighted by Crippen LogP contribution is -1.91. The molecule has 0 spiro atoms. The average Bonchev–Trinajstić information content (AvgIpc) is 1.94. The van der Waals surface area contributed by atoms with Gasteiger partial charge < -0.3 is 4.74 Å². The van der Waals surface area contributed by atoms with E-state index in [1.807, 2.05) is 0 Å². The van der Waals surface area contributed by atoms with Crippen molar-refractivity contribution < 1.29 is 13.5 Å². The Labute approximate surface area is 56.5 Å². The molecule has 4 heteroatoms. The molecule has 0 saturated heterocycles. The monoisotopic (exact) mass is 145 g/mol. The van der Waals surface area contributed by atoms with Gasteiger partial charge in [0.1, 0.15) is 0 Å². The molecule has 1 aromatic rings. The molecule has 1 heterocycles. The van der Waals surface area contributed by atoms with Crippen LogP contribution in [0, 0.1) is 11.8 Å². The van der Waals surface area contributed by atoms with E-state index in [1.54, 1.807) is 0 Å². The third-order valence-corrected chi connectivity index (χ3v) is 1.01. The van der Waals surface area contributed by atoms with E-state index in [0.717, 1.165) is 12.3 Å². The summed E-state index contributed by atoms with van der Waals surface area (Å²) in [6, 6.07) is 0.884. The van der Waals surface area contributed by atoms with Gasteiger partial charge in [-0.1, -0.05) is 0 Å². The van der Waals surface area contributed by atoms with E-state index in [-0.39, 0.29) is 5.75 Å². The zero-order valence-corrected chi connectivity index (χ0v) is 5.27. The maximum atomic E-state index is 12.4. The van der Waals surface area contributed by atoms with Crippen LogP contribution in [-0.4, -0.2) is 12.1 Å². The predicted octanol–water partition coefficient (Wildman–Crippen LogP) is 1.37. The SMILES string of the molecule is COc1cc(F)ncc1F. The van der Waals surface area contributed by atoms with Crippen LogP contribution in [0.25, 0.3) is 0 Å². The molecule has 54 valence electrons. The van der Waals surface area contributed by atoms with Crippen molar-refractivity contribution in [1.82, 2.24) is 4.98 Å². The van der Waals surface area contributed by atoms with Crippen molar-refractivity contribution >= 4 is 0 Å². The number of aromatic nitrogens is 1. The summed E-state index contributed by atoms with van der Waals surface area (Å²) >= 11 is 0. The summed E-state index contributed by atoms with van der Waals surface area (Å²) < 4.78 is 29.1. The number of pyridine rings is 1. The first-order chi connectivity index (χ1) is 4.74. The fraction of sp³-hybridized carbons (Fsp3) is 0.167. The maximum Gasteiger partial charge on any atom is 0.216 e. The molecule has 10 heavy (non-hydrogen) atoms. The molecule has 1 aromatic heterocycles. The highest BCUT2D eigenvalue weighted by molar-refractivity contribution is 5.20. The fourth-order valence-electron chi connectivity index (χ4n) is 0.553. The Hall–Kier alpha value is -1.19. The van der Waals surface area contributed by atoms with Crippen LogP contribution in [0.2, 0.25) is 0 Å². The summed E-state index contributed by atoms with van der Waals surface area (Å²) in [4.78, 5) is 3.07. The molecule has 0 aliphatic carbocycles. The highest BCUT2D eigenvalue weighted by atomic mass is 19.1. The molecule has 0 aliphatic heterocycles. The molecule has 0 aromatic carbocycles. The summed E-state index contributed by atoms with van der Waals surface area (Å²) in [6.45, 7) is 0. The van der Waals surface area contributed by atoms with Gasteiger partial charge in [-0.2, -0.15) is 4.39 Å². The number of rotatable bonds is 1. The van der Waals surface area contributed by atoms with E-state index in [9.17, 15) is 8.78 Å². The Balaban J connectivity index is 3.09. The lowest BCUT2D eigenvalue weighted by molar-refractivity contribution is 0.379. The van der Waals surface area contributed by atoms with Crippen LogP contribution in [0.3, 0.4) is 0 Å². The van der Waals surface area contributed by atoms with E-state index >= 15 is 0 Å². The first-order valence-corrected chi connectivity index (χ1v) is 2.59. The second-order valence-corrected chi connectivity index (χ2v) is 1.64. The lowest BCUT2D eigenvalue weighted by atomic mass is 10.4. The van der Waals surface area contributed by atoms with E-state index in [2.05, 4.69) is 9.72 Å². The molecule has 0 saturated carbocycles. The highest BCUT2D eigenvalue weighted by Gasteiger charge is 2.02. The molecular formula is C6H5F2NO. The van der Waals surface area contributed by atoms with Crippen LogP contribution in [0.1, 0.15) is 0 Å². The molecule has 0 atom stereocenters. The minimum Gasteiger partial charge on any atom is -0.493 e. The van der Waals surface area contributed by atoms with Crippen molar-refractivity contribution in [2.75, 3.05) is 7.11 Å². The van der Waals surface area contributed by atoms with Crippen LogP contribution in [0.4, 0.5) is 8.78 Å². The zero-order chi connectivity index (χ0) is 7.56. The number of methoxy groups -OCH3 is 1. The van der Waals surface area contributed by atoms with Crippen LogP contribution < -0.4 is 4.74 Å². The first-order valence-electron chi connectivity index (χ1n) is 2.59. The Kier molecular flexibility index (Phi) is 1.80. The molecular weight excluding hydrogens is 140 g/mol. The van der Waals surface area contributed by atoms with E-state index in [4.69, 9.17) is 0 Å². The summed E-state index contributed by atoms with van der Waals surface area (Å²) in [5.74, 6) is -1.55. The fourth-order valence-corrected chi connectivity index (χ4v) is 0.553. The number of nitrogens with zero attached hydrogens (tertiary/aromatic N) is 1. The van der Waals surface area contributed by atoms with Crippen molar-refractivity contribution in [2.24, 2.45) is 0 Å². The van der Waals surface area contributed by atoms with Crippen LogP contribution >= 0.6 is 0 Å². The maximum absolute atomic E-state index is 12.4. The Morgan fingerprint density at radius 1 is 1.50 bits per heavy atom. The molecule has 0 amide bonds. The van der Waals surface area contributed by atoms with Gasteiger partial charge in [-0.25, -0.2) is 9.37 Å². The Morgan fingerprint density at radius 3 is 2.70 bits per heavy atom. The van der Waals surface area contributed by atoms with Gasteiger partial charge in [-0.3, -0.25) is 0 Å². The second kappa shape index (κ2) is 2.60. The molecule has 0 unspecified atom stereocenters. The largest absolute Gasteiger partial charge is 0.493 e. The van der Waals surface area contributed by atoms with Gasteiger partial charge in [0.05, 0.1) is 13.3 Å². The summed E-state index contributed by atoms with van der Waals surface area (Å²) in [5.41, 5.74) is 0. The van der Waals surface area contributed by atoms with Crippen LogP contribution in [0.15, 0.2) is 12.3 Å². The number of ether oxygens (including phenoxy) is 1. The second-order valence-electron chi connectivity index (χ2n) is 1.64. The molecule has 0 N–H and O–H groups in total. The molecule has 0 aliphatic rings. The zero-order valence-electron chi connectivity index (χ0n) is 5.27. The minimum absolute atomic E-state index is 0.132. The lowest BCUT2D eigenvalue weighted by Gasteiger charge is -1.98. The quantitative estimate of drug-likeness (QED) is 0.557. The third kappa shape index (κ3) is 1.21. The molecule has 0 radical (unpaired) electrons. The minimum atomic E-state index is -0.752. The topological polar surface area (TPSA) is 22.1 Å². The van der Waals surface area contributed by atoms with Crippen molar-refractivity contribution in [3.63, 3.8) is 0 Å². The molecule has 0 bridgehead atoms. The van der Waals surface area contributed by atoms with Gasteiger partial charge in [-0.15, -0.1) is 0 Å². The van der Waals surface area contributed by atoms with E-state index in [1.165, 1.54) is 7.11 Å². The number of hydrogen-bond donors (Lipinski definition) is 0. The van der Waals surface area contributed by atoms with Crippen molar-refractivity contribution in [3.8, 4) is 5.75 Å². The van der Waals surface area contributed by atoms with Crippen molar-refractivity contribution in [2.45, 2.75) is 0 Å². The highest BCUT2D eigenvalue weighted by Crippen LogP contribution is 2.14. The first kappa shape index (κ1) is 6.92. The predicted molar refractivity (Wildman–Crippen MR) is 30.7 cm³/mol. The number of hydrogen-bond acceptors (Lipinski definition) is 2. The van der Waals surface area contributed by atoms with Gasteiger partial charge >= 0.3 is 0 Å². The van der Waals surface area contributed by atoms with Gasteiger partial charge in [0.15, 0.2) is 11.6 Å².